The van der Waals surface area contributed by atoms with Crippen LogP contribution in [0.2, 0.25) is 0 Å². The van der Waals surface area contributed by atoms with Crippen LogP contribution in [-0.2, 0) is 6.54 Å². The smallest absolute Gasteiger partial charge is 0.182 e. The maximum Gasteiger partial charge on any atom is 0.182 e. The van der Waals surface area contributed by atoms with Gasteiger partial charge in [-0.15, -0.1) is 10.2 Å². The van der Waals surface area contributed by atoms with Crippen LogP contribution in [0.25, 0.3) is 11.5 Å². The van der Waals surface area contributed by atoms with E-state index in [2.05, 4.69) is 37.0 Å². The van der Waals surface area contributed by atoms with Crippen LogP contribution in [0.4, 0.5) is 0 Å². The third kappa shape index (κ3) is 1.25. The third-order valence-corrected chi connectivity index (χ3v) is 2.67. The molecule has 0 amide bonds. The standard InChI is InChI=1S/C9H12N6/c1-6-2-10-4-8-13-14-9(15(6)8)7-3-11-5-12-7/h3,5-6,10H,2,4H2,1H3,(H,11,12). The van der Waals surface area contributed by atoms with Crippen LogP contribution in [0, 0.1) is 0 Å². The molecule has 1 aliphatic heterocycles. The van der Waals surface area contributed by atoms with Crippen molar-refractivity contribution in [2.75, 3.05) is 6.54 Å². The summed E-state index contributed by atoms with van der Waals surface area (Å²) in [5, 5.41) is 11.7. The van der Waals surface area contributed by atoms with E-state index in [4.69, 9.17) is 0 Å². The lowest BCUT2D eigenvalue weighted by atomic mass is 10.2. The molecule has 78 valence electrons. The number of nitrogens with one attached hydrogen (secondary N) is 2. The number of hydrogen-bond donors (Lipinski definition) is 2. The van der Waals surface area contributed by atoms with Crippen molar-refractivity contribution < 1.29 is 0 Å². The molecule has 6 nitrogen and oxygen atoms in total. The van der Waals surface area contributed by atoms with Crippen LogP contribution < -0.4 is 5.32 Å². The molecule has 0 radical (unpaired) electrons. The van der Waals surface area contributed by atoms with Gasteiger partial charge in [-0.3, -0.25) is 0 Å². The number of imidazole rings is 1. The van der Waals surface area contributed by atoms with E-state index in [9.17, 15) is 0 Å². The highest BCUT2D eigenvalue weighted by Crippen LogP contribution is 2.22. The second-order valence-electron chi connectivity index (χ2n) is 3.76. The third-order valence-electron chi connectivity index (χ3n) is 2.67. The summed E-state index contributed by atoms with van der Waals surface area (Å²) in [5.41, 5.74) is 0.919. The maximum atomic E-state index is 4.19. The van der Waals surface area contributed by atoms with Crippen molar-refractivity contribution in [2.45, 2.75) is 19.5 Å². The van der Waals surface area contributed by atoms with E-state index in [0.717, 1.165) is 30.4 Å². The molecule has 1 atom stereocenters. The number of hydrogen-bond acceptors (Lipinski definition) is 4. The zero-order valence-corrected chi connectivity index (χ0v) is 8.44. The van der Waals surface area contributed by atoms with E-state index in [1.165, 1.54) is 0 Å². The van der Waals surface area contributed by atoms with E-state index < -0.39 is 0 Å². The van der Waals surface area contributed by atoms with Crippen LogP contribution in [0.3, 0.4) is 0 Å². The Kier molecular flexibility index (Phi) is 1.81. The largest absolute Gasteiger partial charge is 0.342 e. The highest BCUT2D eigenvalue weighted by Gasteiger charge is 2.22. The van der Waals surface area contributed by atoms with Crippen molar-refractivity contribution in [3.8, 4) is 11.5 Å². The molecule has 0 aliphatic carbocycles. The van der Waals surface area contributed by atoms with Crippen molar-refractivity contribution in [2.24, 2.45) is 0 Å². The number of rotatable bonds is 1. The molecule has 6 heteroatoms. The lowest BCUT2D eigenvalue weighted by molar-refractivity contribution is 0.424. The molecule has 0 fully saturated rings. The molecule has 2 aromatic heterocycles. The summed E-state index contributed by atoms with van der Waals surface area (Å²) < 4.78 is 2.16. The molecule has 0 aromatic carbocycles. The van der Waals surface area contributed by atoms with Crippen molar-refractivity contribution in [3.05, 3.63) is 18.3 Å². The molecule has 0 bridgehead atoms. The van der Waals surface area contributed by atoms with E-state index in [-0.39, 0.29) is 0 Å². The zero-order valence-electron chi connectivity index (χ0n) is 8.44. The average molecular weight is 204 g/mol. The highest BCUT2D eigenvalue weighted by atomic mass is 15.3. The predicted octanol–water partition coefficient (Wildman–Crippen LogP) is 0.332. The van der Waals surface area contributed by atoms with Gasteiger partial charge in [-0.2, -0.15) is 0 Å². The van der Waals surface area contributed by atoms with Gasteiger partial charge in [0.15, 0.2) is 5.82 Å². The molecule has 1 unspecified atom stereocenters. The van der Waals surface area contributed by atoms with Crippen LogP contribution in [0.1, 0.15) is 18.8 Å². The molecule has 2 aromatic rings. The zero-order chi connectivity index (χ0) is 10.3. The fourth-order valence-electron chi connectivity index (χ4n) is 1.95. The van der Waals surface area contributed by atoms with E-state index in [1.807, 2.05) is 0 Å². The van der Waals surface area contributed by atoms with Crippen molar-refractivity contribution in [3.63, 3.8) is 0 Å². The fraction of sp³-hybridized carbons (Fsp3) is 0.444. The van der Waals surface area contributed by atoms with Gasteiger partial charge < -0.3 is 14.9 Å². The van der Waals surface area contributed by atoms with Crippen molar-refractivity contribution in [1.82, 2.24) is 30.0 Å². The van der Waals surface area contributed by atoms with Gasteiger partial charge in [-0.25, -0.2) is 4.98 Å². The molecule has 3 heterocycles. The van der Waals surface area contributed by atoms with E-state index in [0.29, 0.717) is 6.04 Å². The molecule has 0 saturated heterocycles. The fourth-order valence-corrected chi connectivity index (χ4v) is 1.95. The van der Waals surface area contributed by atoms with E-state index in [1.54, 1.807) is 12.5 Å². The normalized spacial score (nSPS) is 20.2. The van der Waals surface area contributed by atoms with Gasteiger partial charge in [0.2, 0.25) is 0 Å². The topological polar surface area (TPSA) is 71.4 Å². The molecular weight excluding hydrogens is 192 g/mol. The first kappa shape index (κ1) is 8.60. The molecule has 0 saturated carbocycles. The first-order chi connectivity index (χ1) is 7.36. The molecular formula is C9H12N6. The minimum absolute atomic E-state index is 0.377. The Morgan fingerprint density at radius 2 is 2.40 bits per heavy atom. The van der Waals surface area contributed by atoms with Crippen molar-refractivity contribution in [1.29, 1.82) is 0 Å². The number of H-pyrrole nitrogens is 1. The monoisotopic (exact) mass is 204 g/mol. The predicted molar refractivity (Wildman–Crippen MR) is 54.0 cm³/mol. The van der Waals surface area contributed by atoms with Crippen LogP contribution in [0.15, 0.2) is 12.5 Å². The van der Waals surface area contributed by atoms with Gasteiger partial charge >= 0.3 is 0 Å². The molecule has 3 rings (SSSR count). The Hall–Kier alpha value is -1.69. The Balaban J connectivity index is 2.14. The van der Waals surface area contributed by atoms with E-state index >= 15 is 0 Å². The number of nitrogens with zero attached hydrogens (tertiary/aromatic N) is 4. The summed E-state index contributed by atoms with van der Waals surface area (Å²) >= 11 is 0. The maximum absolute atomic E-state index is 4.19. The molecule has 1 aliphatic rings. The van der Waals surface area contributed by atoms with Crippen LogP contribution in [0.5, 0.6) is 0 Å². The number of aromatic nitrogens is 5. The SMILES string of the molecule is CC1CNCc2nnc(-c3cnc[nH]3)n21. The molecule has 0 spiro atoms. The summed E-state index contributed by atoms with van der Waals surface area (Å²) in [4.78, 5) is 7.06. The molecule has 15 heavy (non-hydrogen) atoms. The summed E-state index contributed by atoms with van der Waals surface area (Å²) in [6, 6.07) is 0.377. The lowest BCUT2D eigenvalue weighted by Crippen LogP contribution is -2.31. The van der Waals surface area contributed by atoms with Crippen molar-refractivity contribution >= 4 is 0 Å². The Morgan fingerprint density at radius 1 is 1.47 bits per heavy atom. The lowest BCUT2D eigenvalue weighted by Gasteiger charge is -2.22. The van der Waals surface area contributed by atoms with Gasteiger partial charge in [0.05, 0.1) is 19.1 Å². The van der Waals surface area contributed by atoms with Crippen LogP contribution in [-0.4, -0.2) is 31.3 Å². The average Bonchev–Trinajstić information content (AvgIpc) is 2.85. The van der Waals surface area contributed by atoms with Gasteiger partial charge in [-0.1, -0.05) is 0 Å². The van der Waals surface area contributed by atoms with Gasteiger partial charge in [0, 0.05) is 12.6 Å². The quantitative estimate of drug-likeness (QED) is 0.702. The Labute approximate surface area is 86.7 Å². The minimum atomic E-state index is 0.377. The summed E-state index contributed by atoms with van der Waals surface area (Å²) in [6.07, 6.45) is 3.43. The second-order valence-corrected chi connectivity index (χ2v) is 3.76. The first-order valence-electron chi connectivity index (χ1n) is 4.99. The van der Waals surface area contributed by atoms with Crippen LogP contribution >= 0.6 is 0 Å². The summed E-state index contributed by atoms with van der Waals surface area (Å²) in [6.45, 7) is 3.89. The Morgan fingerprint density at radius 3 is 3.20 bits per heavy atom. The highest BCUT2D eigenvalue weighted by molar-refractivity contribution is 5.48. The Bertz CT molecular complexity index is 457. The summed E-state index contributed by atoms with van der Waals surface area (Å²) in [7, 11) is 0. The number of aromatic amines is 1. The number of fused-ring (bicyclic) bond motifs is 1. The second kappa shape index (κ2) is 3.16. The summed E-state index contributed by atoms with van der Waals surface area (Å²) in [5.74, 6) is 1.86. The van der Waals surface area contributed by atoms with Gasteiger partial charge in [0.25, 0.3) is 0 Å². The van der Waals surface area contributed by atoms with Gasteiger partial charge in [-0.05, 0) is 6.92 Å². The van der Waals surface area contributed by atoms with Gasteiger partial charge in [0.1, 0.15) is 11.5 Å². The molecule has 2 N–H and O–H groups in total. The minimum Gasteiger partial charge on any atom is -0.342 e. The first-order valence-corrected chi connectivity index (χ1v) is 4.99.